The van der Waals surface area contributed by atoms with Gasteiger partial charge in [0.15, 0.2) is 0 Å². The molecule has 2 aromatic carbocycles. The van der Waals surface area contributed by atoms with E-state index >= 15 is 0 Å². The highest BCUT2D eigenvalue weighted by atomic mass is 32.2. The predicted molar refractivity (Wildman–Crippen MR) is 80.9 cm³/mol. The maximum atomic E-state index is 5.92. The van der Waals surface area contributed by atoms with Crippen molar-refractivity contribution in [1.82, 2.24) is 0 Å². The smallest absolute Gasteiger partial charge is 0.120 e. The molecule has 2 rings (SSSR count). The molecule has 0 heterocycles. The van der Waals surface area contributed by atoms with Gasteiger partial charge in [-0.2, -0.15) is 0 Å². The fourth-order valence-electron chi connectivity index (χ4n) is 1.89. The van der Waals surface area contributed by atoms with Gasteiger partial charge in [0.1, 0.15) is 5.75 Å². The molecule has 0 radical (unpaired) electrons. The first-order chi connectivity index (χ1) is 9.19. The highest BCUT2D eigenvalue weighted by Crippen LogP contribution is 2.33. The predicted octanol–water partition coefficient (Wildman–Crippen LogP) is 3.74. The summed E-state index contributed by atoms with van der Waals surface area (Å²) in [6, 6.07) is 16.7. The SMILES string of the molecule is COc1ccc(C[C@@H](C)N)c(Sc2ccccc2)c1. The largest absolute Gasteiger partial charge is 0.497 e. The fourth-order valence-corrected chi connectivity index (χ4v) is 2.89. The number of nitrogens with two attached hydrogens (primary N) is 1. The molecular formula is C16H19NOS. The first-order valence-electron chi connectivity index (χ1n) is 6.34. The molecule has 100 valence electrons. The van der Waals surface area contributed by atoms with E-state index in [9.17, 15) is 0 Å². The lowest BCUT2D eigenvalue weighted by atomic mass is 10.1. The Kier molecular flexibility index (Phi) is 4.88. The third-order valence-corrected chi connectivity index (χ3v) is 3.90. The molecule has 0 aliphatic rings. The minimum Gasteiger partial charge on any atom is -0.497 e. The highest BCUT2D eigenvalue weighted by Gasteiger charge is 2.08. The van der Waals surface area contributed by atoms with Crippen LogP contribution in [0.5, 0.6) is 5.75 Å². The van der Waals surface area contributed by atoms with Crippen molar-refractivity contribution in [3.8, 4) is 5.75 Å². The molecule has 2 aromatic rings. The van der Waals surface area contributed by atoms with E-state index in [4.69, 9.17) is 10.5 Å². The number of benzene rings is 2. The quantitative estimate of drug-likeness (QED) is 0.901. The normalized spacial score (nSPS) is 12.2. The van der Waals surface area contributed by atoms with E-state index in [1.807, 2.05) is 31.2 Å². The Morgan fingerprint density at radius 3 is 2.53 bits per heavy atom. The van der Waals surface area contributed by atoms with Gasteiger partial charge >= 0.3 is 0 Å². The average molecular weight is 273 g/mol. The van der Waals surface area contributed by atoms with Crippen LogP contribution in [0, 0.1) is 0 Å². The Morgan fingerprint density at radius 2 is 1.89 bits per heavy atom. The van der Waals surface area contributed by atoms with E-state index in [0.717, 1.165) is 12.2 Å². The Hall–Kier alpha value is -1.45. The second kappa shape index (κ2) is 6.64. The van der Waals surface area contributed by atoms with Crippen LogP contribution in [-0.2, 0) is 6.42 Å². The Labute approximate surface area is 119 Å². The molecule has 2 nitrogen and oxygen atoms in total. The van der Waals surface area contributed by atoms with Gasteiger partial charge in [0.05, 0.1) is 7.11 Å². The van der Waals surface area contributed by atoms with Crippen molar-refractivity contribution < 1.29 is 4.74 Å². The van der Waals surface area contributed by atoms with E-state index in [2.05, 4.69) is 24.3 Å². The van der Waals surface area contributed by atoms with Gasteiger partial charge in [-0.15, -0.1) is 0 Å². The molecular weight excluding hydrogens is 254 g/mol. The van der Waals surface area contributed by atoms with Crippen LogP contribution in [0.3, 0.4) is 0 Å². The Morgan fingerprint density at radius 1 is 1.16 bits per heavy atom. The van der Waals surface area contributed by atoms with Crippen molar-refractivity contribution in [2.75, 3.05) is 7.11 Å². The second-order valence-electron chi connectivity index (χ2n) is 4.57. The van der Waals surface area contributed by atoms with Crippen LogP contribution in [0.4, 0.5) is 0 Å². The lowest BCUT2D eigenvalue weighted by molar-refractivity contribution is 0.413. The lowest BCUT2D eigenvalue weighted by Crippen LogP contribution is -2.18. The summed E-state index contributed by atoms with van der Waals surface area (Å²) in [4.78, 5) is 2.43. The molecule has 0 spiro atoms. The highest BCUT2D eigenvalue weighted by molar-refractivity contribution is 7.99. The topological polar surface area (TPSA) is 35.2 Å². The minimum absolute atomic E-state index is 0.156. The summed E-state index contributed by atoms with van der Waals surface area (Å²) in [7, 11) is 1.69. The van der Waals surface area contributed by atoms with E-state index in [1.165, 1.54) is 15.4 Å². The van der Waals surface area contributed by atoms with Crippen LogP contribution in [0.25, 0.3) is 0 Å². The fraction of sp³-hybridized carbons (Fsp3) is 0.250. The van der Waals surface area contributed by atoms with Gasteiger partial charge in [-0.25, -0.2) is 0 Å². The zero-order valence-corrected chi connectivity index (χ0v) is 12.1. The molecule has 0 fully saturated rings. The van der Waals surface area contributed by atoms with Crippen molar-refractivity contribution >= 4 is 11.8 Å². The van der Waals surface area contributed by atoms with Crippen LogP contribution in [0.15, 0.2) is 58.3 Å². The monoisotopic (exact) mass is 273 g/mol. The molecule has 0 aliphatic carbocycles. The zero-order valence-electron chi connectivity index (χ0n) is 11.3. The third-order valence-electron chi connectivity index (χ3n) is 2.79. The van der Waals surface area contributed by atoms with E-state index < -0.39 is 0 Å². The van der Waals surface area contributed by atoms with Crippen molar-refractivity contribution in [2.24, 2.45) is 5.73 Å². The molecule has 0 aromatic heterocycles. The van der Waals surface area contributed by atoms with Crippen LogP contribution in [0.1, 0.15) is 12.5 Å². The number of methoxy groups -OCH3 is 1. The van der Waals surface area contributed by atoms with Gasteiger partial charge in [-0.05, 0) is 43.2 Å². The standard InChI is InChI=1S/C16H19NOS/c1-12(17)10-13-8-9-14(18-2)11-16(13)19-15-6-4-3-5-7-15/h3-9,11-12H,10,17H2,1-2H3/t12-/m1/s1. The first kappa shape index (κ1) is 14.0. The number of hydrogen-bond acceptors (Lipinski definition) is 3. The molecule has 1 atom stereocenters. The number of ether oxygens (including phenoxy) is 1. The van der Waals surface area contributed by atoms with Crippen LogP contribution >= 0.6 is 11.8 Å². The van der Waals surface area contributed by atoms with Crippen LogP contribution < -0.4 is 10.5 Å². The van der Waals surface area contributed by atoms with Crippen molar-refractivity contribution in [2.45, 2.75) is 29.2 Å². The van der Waals surface area contributed by atoms with Crippen molar-refractivity contribution in [3.63, 3.8) is 0 Å². The minimum atomic E-state index is 0.156. The van der Waals surface area contributed by atoms with Crippen LogP contribution in [-0.4, -0.2) is 13.2 Å². The van der Waals surface area contributed by atoms with Gasteiger partial charge in [-0.3, -0.25) is 0 Å². The van der Waals surface area contributed by atoms with E-state index in [1.54, 1.807) is 18.9 Å². The Bertz CT molecular complexity index is 526. The van der Waals surface area contributed by atoms with Gasteiger partial charge in [0.2, 0.25) is 0 Å². The molecule has 2 N–H and O–H groups in total. The number of rotatable bonds is 5. The molecule has 0 amide bonds. The van der Waals surface area contributed by atoms with E-state index in [0.29, 0.717) is 0 Å². The first-order valence-corrected chi connectivity index (χ1v) is 7.16. The molecule has 0 aliphatic heterocycles. The maximum Gasteiger partial charge on any atom is 0.120 e. The third kappa shape index (κ3) is 4.01. The average Bonchev–Trinajstić information content (AvgIpc) is 2.41. The lowest BCUT2D eigenvalue weighted by Gasteiger charge is -2.13. The molecule has 0 saturated heterocycles. The van der Waals surface area contributed by atoms with Crippen molar-refractivity contribution in [3.05, 3.63) is 54.1 Å². The van der Waals surface area contributed by atoms with Gasteiger partial charge in [0, 0.05) is 15.8 Å². The van der Waals surface area contributed by atoms with Crippen LogP contribution in [0.2, 0.25) is 0 Å². The number of hydrogen-bond donors (Lipinski definition) is 1. The summed E-state index contributed by atoms with van der Waals surface area (Å²) in [6.07, 6.45) is 0.874. The summed E-state index contributed by atoms with van der Waals surface area (Å²) < 4.78 is 5.31. The second-order valence-corrected chi connectivity index (χ2v) is 5.69. The summed E-state index contributed by atoms with van der Waals surface area (Å²) in [6.45, 7) is 2.03. The molecule has 19 heavy (non-hydrogen) atoms. The summed E-state index contributed by atoms with van der Waals surface area (Å²) in [5.41, 5.74) is 7.18. The zero-order chi connectivity index (χ0) is 13.7. The van der Waals surface area contributed by atoms with E-state index in [-0.39, 0.29) is 6.04 Å². The molecule has 3 heteroatoms. The summed E-state index contributed by atoms with van der Waals surface area (Å²) >= 11 is 1.75. The van der Waals surface area contributed by atoms with Gasteiger partial charge in [0.25, 0.3) is 0 Å². The molecule has 0 bridgehead atoms. The molecule has 0 saturated carbocycles. The summed E-state index contributed by atoms with van der Waals surface area (Å²) in [5.74, 6) is 0.881. The van der Waals surface area contributed by atoms with Gasteiger partial charge < -0.3 is 10.5 Å². The maximum absolute atomic E-state index is 5.92. The summed E-state index contributed by atoms with van der Waals surface area (Å²) in [5, 5.41) is 0. The molecule has 0 unspecified atom stereocenters. The van der Waals surface area contributed by atoms with Crippen molar-refractivity contribution in [1.29, 1.82) is 0 Å². The Balaban J connectivity index is 2.29. The van der Waals surface area contributed by atoms with Gasteiger partial charge in [-0.1, -0.05) is 36.0 Å².